The van der Waals surface area contributed by atoms with Crippen LogP contribution in [0.25, 0.3) is 0 Å². The van der Waals surface area contributed by atoms with Gasteiger partial charge in [-0.25, -0.2) is 4.79 Å². The van der Waals surface area contributed by atoms with Crippen LogP contribution in [0.1, 0.15) is 30.4 Å². The van der Waals surface area contributed by atoms with Gasteiger partial charge in [-0.15, -0.1) is 0 Å². The monoisotopic (exact) mass is 398 g/mol. The number of likely N-dealkylation sites (tertiary alicyclic amines) is 1. The molecule has 1 saturated carbocycles. The molecule has 3 amide bonds. The van der Waals surface area contributed by atoms with Crippen LogP contribution in [0.2, 0.25) is 0 Å². The quantitative estimate of drug-likeness (QED) is 0.799. The molecule has 4 rings (SSSR count). The number of hydrogen-bond donors (Lipinski definition) is 1. The summed E-state index contributed by atoms with van der Waals surface area (Å²) in [6, 6.07) is 8.70. The lowest BCUT2D eigenvalue weighted by molar-refractivity contribution is -0.139. The van der Waals surface area contributed by atoms with E-state index in [-0.39, 0.29) is 6.03 Å². The number of aryl methyl sites for hydroxylation is 1. The predicted molar refractivity (Wildman–Crippen MR) is 114 cm³/mol. The summed E-state index contributed by atoms with van der Waals surface area (Å²) in [7, 11) is 0. The van der Waals surface area contributed by atoms with Crippen molar-refractivity contribution in [2.24, 2.45) is 11.8 Å². The third kappa shape index (κ3) is 5.10. The van der Waals surface area contributed by atoms with Gasteiger partial charge in [0, 0.05) is 58.3 Å². The maximum Gasteiger partial charge on any atom is 0.317 e. The fraction of sp³-hybridized carbons (Fsp3) is 0.652. The molecule has 3 aliphatic rings. The summed E-state index contributed by atoms with van der Waals surface area (Å²) in [5.41, 5.74) is 2.66. The second kappa shape index (κ2) is 9.16. The van der Waals surface area contributed by atoms with Crippen molar-refractivity contribution in [2.45, 2.75) is 32.6 Å². The predicted octanol–water partition coefficient (Wildman–Crippen LogP) is 2.12. The van der Waals surface area contributed by atoms with Gasteiger partial charge in [0.15, 0.2) is 0 Å². The highest BCUT2D eigenvalue weighted by atomic mass is 16.2. The van der Waals surface area contributed by atoms with Crippen molar-refractivity contribution >= 4 is 11.9 Å². The number of carbonyl (C=O) groups excluding carboxylic acids is 2. The topological polar surface area (TPSA) is 55.9 Å². The maximum absolute atomic E-state index is 12.3. The minimum atomic E-state index is 0.0595. The number of nitrogens with one attached hydrogen (secondary N) is 1. The first-order valence-corrected chi connectivity index (χ1v) is 11.2. The molecule has 1 aromatic rings. The van der Waals surface area contributed by atoms with Gasteiger partial charge in [-0.3, -0.25) is 9.69 Å². The third-order valence-electron chi connectivity index (χ3n) is 6.69. The number of nitrogens with zero attached hydrogens (tertiary/aromatic N) is 3. The van der Waals surface area contributed by atoms with E-state index in [1.807, 2.05) is 9.80 Å². The summed E-state index contributed by atoms with van der Waals surface area (Å²) in [6.45, 7) is 8.84. The Morgan fingerprint density at radius 1 is 1.07 bits per heavy atom. The largest absolute Gasteiger partial charge is 0.340 e. The van der Waals surface area contributed by atoms with Crippen molar-refractivity contribution in [1.29, 1.82) is 0 Å². The van der Waals surface area contributed by atoms with Crippen molar-refractivity contribution in [2.75, 3.05) is 52.4 Å². The van der Waals surface area contributed by atoms with E-state index < -0.39 is 0 Å². The van der Waals surface area contributed by atoms with Crippen LogP contribution >= 0.6 is 0 Å². The van der Waals surface area contributed by atoms with Gasteiger partial charge in [0.1, 0.15) is 0 Å². The van der Waals surface area contributed by atoms with E-state index >= 15 is 0 Å². The Labute approximate surface area is 174 Å². The lowest BCUT2D eigenvalue weighted by atomic mass is 9.84. The number of rotatable bonds is 6. The molecule has 0 atom stereocenters. The molecule has 1 N–H and O–H groups in total. The Kier molecular flexibility index (Phi) is 6.38. The minimum Gasteiger partial charge on any atom is -0.340 e. The highest BCUT2D eigenvalue weighted by Gasteiger charge is 2.32. The molecule has 6 nitrogen and oxygen atoms in total. The van der Waals surface area contributed by atoms with Crippen molar-refractivity contribution in [3.8, 4) is 0 Å². The van der Waals surface area contributed by atoms with E-state index in [2.05, 4.69) is 41.4 Å². The first kappa shape index (κ1) is 20.2. The van der Waals surface area contributed by atoms with E-state index in [9.17, 15) is 9.59 Å². The first-order valence-electron chi connectivity index (χ1n) is 11.2. The number of carbonyl (C=O) groups is 2. The van der Waals surface area contributed by atoms with Crippen molar-refractivity contribution in [3.63, 3.8) is 0 Å². The second-order valence-electron chi connectivity index (χ2n) is 8.99. The Morgan fingerprint density at radius 3 is 2.48 bits per heavy atom. The molecule has 0 spiro atoms. The minimum absolute atomic E-state index is 0.0595. The molecular weight excluding hydrogens is 364 g/mol. The summed E-state index contributed by atoms with van der Waals surface area (Å²) in [6.07, 6.45) is 4.41. The lowest BCUT2D eigenvalue weighted by Gasteiger charge is -2.40. The first-order chi connectivity index (χ1) is 14.1. The van der Waals surface area contributed by atoms with Gasteiger partial charge >= 0.3 is 6.03 Å². The van der Waals surface area contributed by atoms with Crippen molar-refractivity contribution < 1.29 is 9.59 Å². The summed E-state index contributed by atoms with van der Waals surface area (Å²) in [5.74, 6) is 1.23. The fourth-order valence-electron chi connectivity index (χ4n) is 4.58. The van der Waals surface area contributed by atoms with E-state index in [1.54, 1.807) is 0 Å². The standard InChI is InChI=1S/C23H34N4O2/c1-18-4-2-5-19(14-18)15-20-16-27(17-20)23(29)24-8-9-25-10-12-26(13-11-25)22(28)21-6-3-7-21/h2,4-5,14,20-21H,3,6-13,15-17H2,1H3,(H,24,29). The van der Waals surface area contributed by atoms with E-state index in [1.165, 1.54) is 17.5 Å². The molecule has 0 unspecified atom stereocenters. The van der Waals surface area contributed by atoms with Crippen LogP contribution in [-0.2, 0) is 11.2 Å². The number of hydrogen-bond acceptors (Lipinski definition) is 3. The third-order valence-corrected chi connectivity index (χ3v) is 6.69. The van der Waals surface area contributed by atoms with Crippen LogP contribution in [0.4, 0.5) is 4.79 Å². The van der Waals surface area contributed by atoms with Crippen LogP contribution < -0.4 is 5.32 Å². The summed E-state index contributed by atoms with van der Waals surface area (Å²) < 4.78 is 0. The number of urea groups is 1. The number of benzene rings is 1. The molecule has 0 aromatic heterocycles. The zero-order valence-corrected chi connectivity index (χ0v) is 17.6. The van der Waals surface area contributed by atoms with E-state index in [0.29, 0.717) is 24.3 Å². The normalized spacial score (nSPS) is 20.9. The number of amides is 3. The zero-order valence-electron chi connectivity index (χ0n) is 17.6. The molecule has 2 aliphatic heterocycles. The molecule has 0 bridgehead atoms. The molecule has 158 valence electrons. The molecular formula is C23H34N4O2. The van der Waals surface area contributed by atoms with Crippen LogP contribution in [0.15, 0.2) is 24.3 Å². The smallest absolute Gasteiger partial charge is 0.317 e. The molecule has 29 heavy (non-hydrogen) atoms. The van der Waals surface area contributed by atoms with Crippen LogP contribution in [0.5, 0.6) is 0 Å². The van der Waals surface area contributed by atoms with Gasteiger partial charge < -0.3 is 15.1 Å². The summed E-state index contributed by atoms with van der Waals surface area (Å²) in [4.78, 5) is 30.9. The average Bonchev–Trinajstić information content (AvgIpc) is 2.63. The SMILES string of the molecule is Cc1cccc(CC2CN(C(=O)NCCN3CCN(C(=O)C4CCC4)CC3)C2)c1. The molecule has 6 heteroatoms. The Morgan fingerprint density at radius 2 is 1.83 bits per heavy atom. The van der Waals surface area contributed by atoms with Crippen molar-refractivity contribution in [3.05, 3.63) is 35.4 Å². The highest BCUT2D eigenvalue weighted by Crippen LogP contribution is 2.28. The van der Waals surface area contributed by atoms with Gasteiger partial charge in [-0.05, 0) is 37.7 Å². The molecule has 1 aromatic carbocycles. The van der Waals surface area contributed by atoms with Crippen LogP contribution in [0, 0.1) is 18.8 Å². The molecule has 0 radical (unpaired) electrons. The Hall–Kier alpha value is -2.08. The average molecular weight is 399 g/mol. The van der Waals surface area contributed by atoms with Crippen LogP contribution in [-0.4, -0.2) is 79.0 Å². The van der Waals surface area contributed by atoms with Gasteiger partial charge in [0.2, 0.25) is 5.91 Å². The number of piperazine rings is 1. The molecule has 1 aliphatic carbocycles. The van der Waals surface area contributed by atoms with Gasteiger partial charge in [0.05, 0.1) is 0 Å². The van der Waals surface area contributed by atoms with Gasteiger partial charge in [0.25, 0.3) is 0 Å². The fourth-order valence-corrected chi connectivity index (χ4v) is 4.58. The van der Waals surface area contributed by atoms with E-state index in [4.69, 9.17) is 0 Å². The van der Waals surface area contributed by atoms with Gasteiger partial charge in [-0.2, -0.15) is 0 Å². The second-order valence-corrected chi connectivity index (χ2v) is 8.99. The zero-order chi connectivity index (χ0) is 20.2. The van der Waals surface area contributed by atoms with Crippen molar-refractivity contribution in [1.82, 2.24) is 20.0 Å². The van der Waals surface area contributed by atoms with Gasteiger partial charge in [-0.1, -0.05) is 36.2 Å². The molecule has 3 fully saturated rings. The molecule has 2 saturated heterocycles. The maximum atomic E-state index is 12.3. The highest BCUT2D eigenvalue weighted by molar-refractivity contribution is 5.79. The molecule has 2 heterocycles. The van der Waals surface area contributed by atoms with Crippen LogP contribution in [0.3, 0.4) is 0 Å². The Bertz CT molecular complexity index is 719. The summed E-state index contributed by atoms with van der Waals surface area (Å²) in [5, 5.41) is 3.06. The van der Waals surface area contributed by atoms with E-state index in [0.717, 1.165) is 65.1 Å². The summed E-state index contributed by atoms with van der Waals surface area (Å²) >= 11 is 0. The lowest BCUT2D eigenvalue weighted by Crippen LogP contribution is -2.56. The Balaban J connectivity index is 1.08.